The molecule has 0 amide bonds. The number of anilines is 1. The Bertz CT molecular complexity index is 264. The lowest BCUT2D eigenvalue weighted by Crippen LogP contribution is -2.45. The van der Waals surface area contributed by atoms with E-state index in [0.717, 1.165) is 26.2 Å². The van der Waals surface area contributed by atoms with Crippen molar-refractivity contribution in [2.75, 3.05) is 51.2 Å². The normalized spacial score (nSPS) is 17.9. The average molecular weight is 208 g/mol. The van der Waals surface area contributed by atoms with Gasteiger partial charge in [-0.3, -0.25) is 4.90 Å². The number of hydrogen-bond acceptors (Lipinski definition) is 3. The van der Waals surface area contributed by atoms with Crippen molar-refractivity contribution in [3.63, 3.8) is 0 Å². The van der Waals surface area contributed by atoms with Crippen LogP contribution in [-0.4, -0.2) is 56.2 Å². The number of H-pyrrole nitrogens is 1. The molecule has 2 rings (SSSR count). The zero-order chi connectivity index (χ0) is 10.5. The number of rotatable bonds is 4. The summed E-state index contributed by atoms with van der Waals surface area (Å²) in [7, 11) is 2.14. The van der Waals surface area contributed by atoms with Crippen molar-refractivity contribution in [2.45, 2.75) is 0 Å². The van der Waals surface area contributed by atoms with Crippen LogP contribution >= 0.6 is 0 Å². The Kier molecular flexibility index (Phi) is 3.64. The maximum absolute atomic E-state index is 3.37. The smallest absolute Gasteiger partial charge is 0.0541 e. The molecule has 4 nitrogen and oxygen atoms in total. The molecule has 1 aliphatic rings. The molecule has 0 aliphatic carbocycles. The quantitative estimate of drug-likeness (QED) is 0.749. The number of nitrogens with one attached hydrogen (secondary N) is 2. The molecule has 15 heavy (non-hydrogen) atoms. The number of likely N-dealkylation sites (N-methyl/N-ethyl adjacent to an activating group) is 1. The summed E-state index contributed by atoms with van der Waals surface area (Å²) in [6.07, 6.45) is 4.01. The van der Waals surface area contributed by atoms with Crippen molar-refractivity contribution >= 4 is 5.69 Å². The van der Waals surface area contributed by atoms with Crippen LogP contribution in [0.15, 0.2) is 18.5 Å². The van der Waals surface area contributed by atoms with Gasteiger partial charge in [-0.2, -0.15) is 0 Å². The lowest BCUT2D eigenvalue weighted by molar-refractivity contribution is 0.246. The fourth-order valence-corrected chi connectivity index (χ4v) is 1.91. The molecule has 1 fully saturated rings. The first-order valence-electron chi connectivity index (χ1n) is 5.63. The standard InChI is InChI=1S/C11H20N4/c1-14(11-2-3-13-10-11)8-9-15-6-4-12-5-7-15/h2-3,10,12-13H,4-9H2,1H3. The summed E-state index contributed by atoms with van der Waals surface area (Å²) in [5.41, 5.74) is 1.27. The molecule has 0 aromatic carbocycles. The van der Waals surface area contributed by atoms with Gasteiger partial charge >= 0.3 is 0 Å². The van der Waals surface area contributed by atoms with Crippen LogP contribution in [0.5, 0.6) is 0 Å². The Hall–Kier alpha value is -1.00. The fraction of sp³-hybridized carbons (Fsp3) is 0.636. The zero-order valence-electron chi connectivity index (χ0n) is 9.37. The molecule has 1 aromatic rings. The lowest BCUT2D eigenvalue weighted by atomic mass is 10.3. The van der Waals surface area contributed by atoms with Gasteiger partial charge in [0.2, 0.25) is 0 Å². The van der Waals surface area contributed by atoms with E-state index in [1.54, 1.807) is 0 Å². The molecular formula is C11H20N4. The summed E-state index contributed by atoms with van der Waals surface area (Å²) in [6.45, 7) is 6.88. The summed E-state index contributed by atoms with van der Waals surface area (Å²) in [4.78, 5) is 7.89. The van der Waals surface area contributed by atoms with E-state index < -0.39 is 0 Å². The highest BCUT2D eigenvalue weighted by molar-refractivity contribution is 5.42. The lowest BCUT2D eigenvalue weighted by Gasteiger charge is -2.29. The number of aromatic amines is 1. The highest BCUT2D eigenvalue weighted by Crippen LogP contribution is 2.09. The Balaban J connectivity index is 1.73. The first kappa shape index (κ1) is 10.5. The van der Waals surface area contributed by atoms with Crippen molar-refractivity contribution in [2.24, 2.45) is 0 Å². The maximum Gasteiger partial charge on any atom is 0.0541 e. The van der Waals surface area contributed by atoms with Crippen molar-refractivity contribution in [1.82, 2.24) is 15.2 Å². The minimum atomic E-state index is 1.10. The molecule has 0 radical (unpaired) electrons. The van der Waals surface area contributed by atoms with E-state index in [1.165, 1.54) is 18.8 Å². The first-order valence-corrected chi connectivity index (χ1v) is 5.63. The minimum Gasteiger partial charge on any atom is -0.372 e. The molecule has 2 heterocycles. The van der Waals surface area contributed by atoms with E-state index in [4.69, 9.17) is 0 Å². The number of hydrogen-bond donors (Lipinski definition) is 2. The van der Waals surface area contributed by atoms with Crippen LogP contribution in [0.2, 0.25) is 0 Å². The van der Waals surface area contributed by atoms with Crippen LogP contribution in [-0.2, 0) is 0 Å². The molecule has 1 saturated heterocycles. The molecule has 4 heteroatoms. The Labute approximate surface area is 91.3 Å². The van der Waals surface area contributed by atoms with Gasteiger partial charge in [-0.05, 0) is 6.07 Å². The third-order valence-corrected chi connectivity index (χ3v) is 2.98. The van der Waals surface area contributed by atoms with Gasteiger partial charge in [0.05, 0.1) is 5.69 Å². The first-order chi connectivity index (χ1) is 7.36. The van der Waals surface area contributed by atoms with Crippen LogP contribution in [0.3, 0.4) is 0 Å². The third-order valence-electron chi connectivity index (χ3n) is 2.98. The second-order valence-electron chi connectivity index (χ2n) is 4.08. The Morgan fingerprint density at radius 2 is 2.20 bits per heavy atom. The molecular weight excluding hydrogens is 188 g/mol. The van der Waals surface area contributed by atoms with Gasteiger partial charge in [0.15, 0.2) is 0 Å². The fourth-order valence-electron chi connectivity index (χ4n) is 1.91. The molecule has 0 spiro atoms. The molecule has 1 aliphatic heterocycles. The van der Waals surface area contributed by atoms with Crippen LogP contribution in [0.1, 0.15) is 0 Å². The van der Waals surface area contributed by atoms with Gasteiger partial charge in [0.1, 0.15) is 0 Å². The number of nitrogens with zero attached hydrogens (tertiary/aromatic N) is 2. The topological polar surface area (TPSA) is 34.3 Å². The third kappa shape index (κ3) is 2.97. The van der Waals surface area contributed by atoms with Crippen LogP contribution in [0.4, 0.5) is 5.69 Å². The number of piperazine rings is 1. The van der Waals surface area contributed by atoms with Gasteiger partial charge in [0.25, 0.3) is 0 Å². The molecule has 0 atom stereocenters. The van der Waals surface area contributed by atoms with E-state index in [2.05, 4.69) is 33.2 Å². The van der Waals surface area contributed by atoms with E-state index in [9.17, 15) is 0 Å². The van der Waals surface area contributed by atoms with E-state index in [1.807, 2.05) is 12.4 Å². The minimum absolute atomic E-state index is 1.10. The predicted molar refractivity (Wildman–Crippen MR) is 63.4 cm³/mol. The van der Waals surface area contributed by atoms with Crippen molar-refractivity contribution < 1.29 is 0 Å². The average Bonchev–Trinajstić information content (AvgIpc) is 2.81. The highest BCUT2D eigenvalue weighted by atomic mass is 15.2. The second kappa shape index (κ2) is 5.19. The molecule has 84 valence electrons. The van der Waals surface area contributed by atoms with E-state index >= 15 is 0 Å². The zero-order valence-corrected chi connectivity index (χ0v) is 9.37. The molecule has 2 N–H and O–H groups in total. The maximum atomic E-state index is 3.37. The van der Waals surface area contributed by atoms with Crippen LogP contribution in [0, 0.1) is 0 Å². The van der Waals surface area contributed by atoms with Crippen molar-refractivity contribution in [3.05, 3.63) is 18.5 Å². The molecule has 1 aromatic heterocycles. The molecule has 0 saturated carbocycles. The Morgan fingerprint density at radius 1 is 1.40 bits per heavy atom. The van der Waals surface area contributed by atoms with Crippen LogP contribution in [0.25, 0.3) is 0 Å². The van der Waals surface area contributed by atoms with Gasteiger partial charge in [-0.25, -0.2) is 0 Å². The van der Waals surface area contributed by atoms with E-state index in [-0.39, 0.29) is 0 Å². The monoisotopic (exact) mass is 208 g/mol. The van der Waals surface area contributed by atoms with Crippen LogP contribution < -0.4 is 10.2 Å². The summed E-state index contributed by atoms with van der Waals surface area (Å²) < 4.78 is 0. The van der Waals surface area contributed by atoms with Crippen molar-refractivity contribution in [1.29, 1.82) is 0 Å². The van der Waals surface area contributed by atoms with Gasteiger partial charge in [0, 0.05) is 58.7 Å². The summed E-state index contributed by atoms with van der Waals surface area (Å²) in [5, 5.41) is 3.37. The van der Waals surface area contributed by atoms with Gasteiger partial charge < -0.3 is 15.2 Å². The largest absolute Gasteiger partial charge is 0.372 e. The van der Waals surface area contributed by atoms with Crippen molar-refractivity contribution in [3.8, 4) is 0 Å². The summed E-state index contributed by atoms with van der Waals surface area (Å²) in [5.74, 6) is 0. The SMILES string of the molecule is CN(CCN1CCNCC1)c1cc[nH]c1. The van der Waals surface area contributed by atoms with Gasteiger partial charge in [-0.15, -0.1) is 0 Å². The van der Waals surface area contributed by atoms with E-state index in [0.29, 0.717) is 0 Å². The molecule has 0 unspecified atom stereocenters. The number of aromatic nitrogens is 1. The summed E-state index contributed by atoms with van der Waals surface area (Å²) >= 11 is 0. The Morgan fingerprint density at radius 3 is 2.87 bits per heavy atom. The highest BCUT2D eigenvalue weighted by Gasteiger charge is 2.10. The predicted octanol–water partition coefficient (Wildman–Crippen LogP) is 0.356. The van der Waals surface area contributed by atoms with Gasteiger partial charge in [-0.1, -0.05) is 0 Å². The molecule has 0 bridgehead atoms. The second-order valence-corrected chi connectivity index (χ2v) is 4.08. The summed E-state index contributed by atoms with van der Waals surface area (Å²) in [6, 6.07) is 2.11.